The van der Waals surface area contributed by atoms with E-state index in [4.69, 9.17) is 0 Å². The van der Waals surface area contributed by atoms with E-state index in [0.717, 1.165) is 38.8 Å². The smallest absolute Gasteiger partial charge is 0.109 e. The summed E-state index contributed by atoms with van der Waals surface area (Å²) in [6.45, 7) is 2.26. The third-order valence-corrected chi connectivity index (χ3v) is 5.25. The van der Waals surface area contributed by atoms with Gasteiger partial charge >= 0.3 is 0 Å². The second-order valence-electron chi connectivity index (χ2n) is 6.38. The van der Waals surface area contributed by atoms with E-state index in [2.05, 4.69) is 41.3 Å². The monoisotopic (exact) mass is 268 g/mol. The Balaban J connectivity index is 1.68. The van der Waals surface area contributed by atoms with Crippen LogP contribution in [0.15, 0.2) is 30.3 Å². The highest BCUT2D eigenvalue weighted by Gasteiger charge is 2.41. The van der Waals surface area contributed by atoms with Gasteiger partial charge in [-0.25, -0.2) is 0 Å². The maximum Gasteiger partial charge on any atom is 0.109 e. The molecule has 2 aliphatic rings. The molecule has 0 spiro atoms. The van der Waals surface area contributed by atoms with E-state index in [1.165, 1.54) is 24.8 Å². The molecule has 2 nitrogen and oxygen atoms in total. The fourth-order valence-corrected chi connectivity index (χ4v) is 3.97. The second kappa shape index (κ2) is 5.97. The first-order valence-corrected chi connectivity index (χ1v) is 8.05. The van der Waals surface area contributed by atoms with Crippen LogP contribution in [0, 0.1) is 11.3 Å². The minimum atomic E-state index is -0.161. The Morgan fingerprint density at radius 3 is 2.25 bits per heavy atom. The van der Waals surface area contributed by atoms with E-state index in [0.29, 0.717) is 5.92 Å². The average molecular weight is 268 g/mol. The first kappa shape index (κ1) is 13.6. The summed E-state index contributed by atoms with van der Waals surface area (Å²) in [5, 5.41) is 9.76. The summed E-state index contributed by atoms with van der Waals surface area (Å²) in [6, 6.07) is 13.5. The second-order valence-corrected chi connectivity index (χ2v) is 6.38. The Labute approximate surface area is 122 Å². The van der Waals surface area contributed by atoms with Crippen LogP contribution in [0.25, 0.3) is 0 Å². The number of benzene rings is 1. The molecule has 1 saturated heterocycles. The van der Waals surface area contributed by atoms with Gasteiger partial charge in [-0.05, 0) is 63.1 Å². The molecule has 2 heteroatoms. The zero-order chi connectivity index (χ0) is 13.8. The van der Waals surface area contributed by atoms with Gasteiger partial charge in [-0.15, -0.1) is 0 Å². The minimum absolute atomic E-state index is 0.161. The van der Waals surface area contributed by atoms with Gasteiger partial charge in [-0.2, -0.15) is 5.26 Å². The molecule has 2 fully saturated rings. The van der Waals surface area contributed by atoms with Crippen LogP contribution < -0.4 is 0 Å². The van der Waals surface area contributed by atoms with Crippen LogP contribution in [0.4, 0.5) is 0 Å². The Morgan fingerprint density at radius 1 is 1.00 bits per heavy atom. The molecule has 1 aliphatic carbocycles. The van der Waals surface area contributed by atoms with E-state index in [1.807, 2.05) is 0 Å². The molecule has 0 bridgehead atoms. The highest BCUT2D eigenvalue weighted by atomic mass is 15.2. The summed E-state index contributed by atoms with van der Waals surface area (Å²) < 4.78 is 0. The predicted molar refractivity (Wildman–Crippen MR) is 81.4 cm³/mol. The maximum atomic E-state index is 9.76. The summed E-state index contributed by atoms with van der Waals surface area (Å²) in [7, 11) is 0. The molecule has 0 radical (unpaired) electrons. The van der Waals surface area contributed by atoms with Gasteiger partial charge < -0.3 is 0 Å². The third-order valence-electron chi connectivity index (χ3n) is 5.25. The lowest BCUT2D eigenvalue weighted by Crippen LogP contribution is -2.51. The predicted octanol–water partition coefficient (Wildman–Crippen LogP) is 4.09. The van der Waals surface area contributed by atoms with Gasteiger partial charge in [0.05, 0.1) is 6.07 Å². The van der Waals surface area contributed by atoms with Gasteiger partial charge in [-0.3, -0.25) is 4.90 Å². The largest absolute Gasteiger partial charge is 0.286 e. The van der Waals surface area contributed by atoms with Crippen LogP contribution in [0.2, 0.25) is 0 Å². The average Bonchev–Trinajstić information content (AvgIpc) is 2.56. The molecule has 0 amide bonds. The lowest BCUT2D eigenvalue weighted by molar-refractivity contribution is 0.0724. The van der Waals surface area contributed by atoms with E-state index in [9.17, 15) is 5.26 Å². The van der Waals surface area contributed by atoms with Gasteiger partial charge in [0.1, 0.15) is 5.54 Å². The number of piperidine rings is 1. The highest BCUT2D eigenvalue weighted by molar-refractivity contribution is 5.22. The molecular formula is C18H24N2. The van der Waals surface area contributed by atoms with Crippen molar-refractivity contribution in [3.8, 4) is 6.07 Å². The normalized spacial score (nSPS) is 31.6. The lowest BCUT2D eigenvalue weighted by Gasteiger charge is -2.45. The first-order valence-electron chi connectivity index (χ1n) is 8.05. The van der Waals surface area contributed by atoms with Crippen molar-refractivity contribution in [2.75, 3.05) is 13.1 Å². The summed E-state index contributed by atoms with van der Waals surface area (Å²) in [4.78, 5) is 2.48. The molecule has 1 aromatic carbocycles. The lowest BCUT2D eigenvalue weighted by atomic mass is 9.73. The van der Waals surface area contributed by atoms with Crippen molar-refractivity contribution in [2.24, 2.45) is 0 Å². The van der Waals surface area contributed by atoms with Gasteiger partial charge in [0.2, 0.25) is 0 Å². The van der Waals surface area contributed by atoms with E-state index in [-0.39, 0.29) is 5.54 Å². The van der Waals surface area contributed by atoms with Crippen molar-refractivity contribution in [1.29, 1.82) is 5.26 Å². The van der Waals surface area contributed by atoms with E-state index in [1.54, 1.807) is 0 Å². The molecule has 1 aliphatic heterocycles. The standard InChI is InChI=1S/C18H24N2/c19-15-18(20-13-5-2-6-14-20)11-9-17(10-12-18)16-7-3-1-4-8-16/h1,3-4,7-8,17H,2,5-6,9-14H2. The SMILES string of the molecule is N#CC1(N2CCCCC2)CCC(c2ccccc2)CC1. The fraction of sp³-hybridized carbons (Fsp3) is 0.611. The third kappa shape index (κ3) is 2.60. The quantitative estimate of drug-likeness (QED) is 0.807. The number of nitrogens with zero attached hydrogens (tertiary/aromatic N) is 2. The van der Waals surface area contributed by atoms with Crippen LogP contribution in [-0.2, 0) is 0 Å². The summed E-state index contributed by atoms with van der Waals surface area (Å²) in [5.74, 6) is 0.655. The van der Waals surface area contributed by atoms with Crippen molar-refractivity contribution < 1.29 is 0 Å². The van der Waals surface area contributed by atoms with E-state index >= 15 is 0 Å². The van der Waals surface area contributed by atoms with Gasteiger partial charge in [0.15, 0.2) is 0 Å². The highest BCUT2D eigenvalue weighted by Crippen LogP contribution is 2.41. The zero-order valence-electron chi connectivity index (χ0n) is 12.2. The summed E-state index contributed by atoms with van der Waals surface area (Å²) in [6.07, 6.45) is 8.29. The summed E-state index contributed by atoms with van der Waals surface area (Å²) >= 11 is 0. The van der Waals surface area contributed by atoms with Gasteiger partial charge in [0, 0.05) is 0 Å². The number of hydrogen-bond donors (Lipinski definition) is 0. The molecule has 3 rings (SSSR count). The molecule has 0 atom stereocenters. The molecule has 106 valence electrons. The maximum absolute atomic E-state index is 9.76. The topological polar surface area (TPSA) is 27.0 Å². The van der Waals surface area contributed by atoms with Crippen LogP contribution >= 0.6 is 0 Å². The minimum Gasteiger partial charge on any atom is -0.286 e. The van der Waals surface area contributed by atoms with Crippen molar-refractivity contribution in [2.45, 2.75) is 56.4 Å². The molecule has 0 N–H and O–H groups in total. The van der Waals surface area contributed by atoms with Crippen LogP contribution in [0.5, 0.6) is 0 Å². The van der Waals surface area contributed by atoms with Crippen molar-refractivity contribution in [3.63, 3.8) is 0 Å². The molecule has 20 heavy (non-hydrogen) atoms. The number of nitriles is 1. The van der Waals surface area contributed by atoms with Crippen molar-refractivity contribution in [1.82, 2.24) is 4.90 Å². The molecule has 1 aromatic rings. The number of likely N-dealkylation sites (tertiary alicyclic amines) is 1. The van der Waals surface area contributed by atoms with Crippen molar-refractivity contribution in [3.05, 3.63) is 35.9 Å². The van der Waals surface area contributed by atoms with Gasteiger partial charge in [0.25, 0.3) is 0 Å². The fourth-order valence-electron chi connectivity index (χ4n) is 3.97. The van der Waals surface area contributed by atoms with Crippen LogP contribution in [-0.4, -0.2) is 23.5 Å². The zero-order valence-corrected chi connectivity index (χ0v) is 12.2. The van der Waals surface area contributed by atoms with Crippen LogP contribution in [0.3, 0.4) is 0 Å². The molecule has 1 saturated carbocycles. The Kier molecular flexibility index (Phi) is 4.08. The number of rotatable bonds is 2. The molecule has 1 heterocycles. The Bertz CT molecular complexity index is 460. The summed E-state index contributed by atoms with van der Waals surface area (Å²) in [5.41, 5.74) is 1.30. The molecule has 0 unspecified atom stereocenters. The van der Waals surface area contributed by atoms with Crippen molar-refractivity contribution >= 4 is 0 Å². The molecule has 0 aromatic heterocycles. The Hall–Kier alpha value is -1.33. The van der Waals surface area contributed by atoms with E-state index < -0.39 is 0 Å². The van der Waals surface area contributed by atoms with Crippen LogP contribution in [0.1, 0.15) is 56.4 Å². The first-order chi connectivity index (χ1) is 9.84. The van der Waals surface area contributed by atoms with Gasteiger partial charge in [-0.1, -0.05) is 36.8 Å². The molecular weight excluding hydrogens is 244 g/mol. The Morgan fingerprint density at radius 2 is 1.65 bits per heavy atom. The number of hydrogen-bond acceptors (Lipinski definition) is 2.